The topological polar surface area (TPSA) is 64.4 Å². The number of hydrogen-bond donors (Lipinski definition) is 1. The molecule has 0 heterocycles. The highest BCUT2D eigenvalue weighted by atomic mass is 79.9. The van der Waals surface area contributed by atoms with Crippen molar-refractivity contribution in [2.24, 2.45) is 0 Å². The van der Waals surface area contributed by atoms with E-state index >= 15 is 0 Å². The maximum Gasteiger partial charge on any atom is 0.269 e. The summed E-state index contributed by atoms with van der Waals surface area (Å²) < 4.78 is 6.33. The normalized spacial score (nSPS) is 10.2. The van der Waals surface area contributed by atoms with Gasteiger partial charge in [-0.3, -0.25) is 10.1 Å². The Bertz CT molecular complexity index is 635. The van der Waals surface area contributed by atoms with Gasteiger partial charge in [-0.15, -0.1) is 0 Å². The third-order valence-corrected chi connectivity index (χ3v) is 3.90. The standard InChI is InChI=1S/C14H12BrClN2O3/c15-13-6-1-10(9-14(13)16)17-7-8-21-12-4-2-11(3-5-12)18(19)20/h1-6,9,17H,7-8H2. The molecular formula is C14H12BrClN2O3. The van der Waals surface area contributed by atoms with Crippen molar-refractivity contribution in [3.63, 3.8) is 0 Å². The molecule has 0 fully saturated rings. The highest BCUT2D eigenvalue weighted by Crippen LogP contribution is 2.25. The molecule has 2 rings (SSSR count). The van der Waals surface area contributed by atoms with Crippen molar-refractivity contribution in [1.82, 2.24) is 0 Å². The zero-order chi connectivity index (χ0) is 15.2. The van der Waals surface area contributed by atoms with Crippen molar-refractivity contribution in [3.05, 3.63) is 62.1 Å². The molecule has 0 spiro atoms. The van der Waals surface area contributed by atoms with Crippen molar-refractivity contribution in [1.29, 1.82) is 0 Å². The summed E-state index contributed by atoms with van der Waals surface area (Å²) >= 11 is 9.32. The number of nitrogens with one attached hydrogen (secondary N) is 1. The average Bonchev–Trinajstić information content (AvgIpc) is 2.47. The van der Waals surface area contributed by atoms with Crippen LogP contribution in [-0.4, -0.2) is 18.1 Å². The molecule has 110 valence electrons. The molecule has 0 aromatic heterocycles. The number of nitrogens with zero attached hydrogens (tertiary/aromatic N) is 1. The second-order valence-electron chi connectivity index (χ2n) is 4.16. The first-order chi connectivity index (χ1) is 10.1. The molecule has 1 N–H and O–H groups in total. The van der Waals surface area contributed by atoms with Crippen LogP contribution < -0.4 is 10.1 Å². The van der Waals surface area contributed by atoms with Crippen LogP contribution >= 0.6 is 27.5 Å². The van der Waals surface area contributed by atoms with Gasteiger partial charge in [0.2, 0.25) is 0 Å². The maximum atomic E-state index is 10.5. The van der Waals surface area contributed by atoms with E-state index in [1.54, 1.807) is 12.1 Å². The third-order valence-electron chi connectivity index (χ3n) is 2.67. The summed E-state index contributed by atoms with van der Waals surface area (Å²) in [6.07, 6.45) is 0. The van der Waals surface area contributed by atoms with E-state index in [2.05, 4.69) is 21.2 Å². The van der Waals surface area contributed by atoms with Gasteiger partial charge in [-0.25, -0.2) is 0 Å². The fourth-order valence-electron chi connectivity index (χ4n) is 1.63. The van der Waals surface area contributed by atoms with E-state index < -0.39 is 4.92 Å². The van der Waals surface area contributed by atoms with E-state index in [9.17, 15) is 10.1 Å². The van der Waals surface area contributed by atoms with E-state index in [1.165, 1.54) is 12.1 Å². The van der Waals surface area contributed by atoms with Crippen LogP contribution in [0.3, 0.4) is 0 Å². The van der Waals surface area contributed by atoms with Gasteiger partial charge in [-0.2, -0.15) is 0 Å². The number of ether oxygens (including phenoxy) is 1. The van der Waals surface area contributed by atoms with E-state index in [4.69, 9.17) is 16.3 Å². The number of anilines is 1. The Hall–Kier alpha value is -1.79. The highest BCUT2D eigenvalue weighted by molar-refractivity contribution is 9.10. The van der Waals surface area contributed by atoms with Crippen LogP contribution in [0.4, 0.5) is 11.4 Å². The van der Waals surface area contributed by atoms with E-state index in [1.807, 2.05) is 18.2 Å². The number of nitro groups is 1. The number of hydrogen-bond acceptors (Lipinski definition) is 4. The van der Waals surface area contributed by atoms with Crippen LogP contribution in [-0.2, 0) is 0 Å². The lowest BCUT2D eigenvalue weighted by Gasteiger charge is -2.09. The Balaban J connectivity index is 1.79. The average molecular weight is 372 g/mol. The van der Waals surface area contributed by atoms with Crippen LogP contribution in [0.2, 0.25) is 5.02 Å². The molecule has 0 saturated carbocycles. The molecule has 5 nitrogen and oxygen atoms in total. The molecule has 0 bridgehead atoms. The SMILES string of the molecule is O=[N+]([O-])c1ccc(OCCNc2ccc(Br)c(Cl)c2)cc1. The summed E-state index contributed by atoms with van der Waals surface area (Å²) in [6, 6.07) is 11.6. The van der Waals surface area contributed by atoms with Crippen LogP contribution in [0.15, 0.2) is 46.9 Å². The Morgan fingerprint density at radius 2 is 1.95 bits per heavy atom. The first kappa shape index (κ1) is 15.6. The first-order valence-electron chi connectivity index (χ1n) is 6.12. The monoisotopic (exact) mass is 370 g/mol. The first-order valence-corrected chi connectivity index (χ1v) is 7.29. The molecule has 0 aliphatic carbocycles. The minimum absolute atomic E-state index is 0.0463. The lowest BCUT2D eigenvalue weighted by Crippen LogP contribution is -2.11. The summed E-state index contributed by atoms with van der Waals surface area (Å²) in [7, 11) is 0. The van der Waals surface area contributed by atoms with Gasteiger partial charge in [-0.05, 0) is 46.3 Å². The molecule has 0 atom stereocenters. The number of benzene rings is 2. The summed E-state index contributed by atoms with van der Waals surface area (Å²) in [5, 5.41) is 14.3. The van der Waals surface area contributed by atoms with Gasteiger partial charge < -0.3 is 10.1 Å². The Morgan fingerprint density at radius 1 is 1.24 bits per heavy atom. The summed E-state index contributed by atoms with van der Waals surface area (Å²) in [5.74, 6) is 0.594. The van der Waals surface area contributed by atoms with Crippen LogP contribution in [0.5, 0.6) is 5.75 Å². The molecule has 7 heteroatoms. The van der Waals surface area contributed by atoms with Crippen LogP contribution in [0.25, 0.3) is 0 Å². The number of rotatable bonds is 6. The van der Waals surface area contributed by atoms with Crippen molar-refractivity contribution in [2.45, 2.75) is 0 Å². The number of nitro benzene ring substituents is 1. The minimum atomic E-state index is -0.442. The van der Waals surface area contributed by atoms with Crippen molar-refractivity contribution < 1.29 is 9.66 Å². The summed E-state index contributed by atoms with van der Waals surface area (Å²) in [5.41, 5.74) is 0.945. The van der Waals surface area contributed by atoms with Gasteiger partial charge in [-0.1, -0.05) is 11.6 Å². The molecular weight excluding hydrogens is 360 g/mol. The minimum Gasteiger partial charge on any atom is -0.492 e. The molecule has 0 amide bonds. The van der Waals surface area contributed by atoms with Gasteiger partial charge in [0.05, 0.1) is 9.95 Å². The quantitative estimate of drug-likeness (QED) is 0.461. The fraction of sp³-hybridized carbons (Fsp3) is 0.143. The molecule has 2 aromatic rings. The van der Waals surface area contributed by atoms with Crippen molar-refractivity contribution in [2.75, 3.05) is 18.5 Å². The lowest BCUT2D eigenvalue weighted by atomic mass is 10.3. The summed E-state index contributed by atoms with van der Waals surface area (Å²) in [4.78, 5) is 10.1. The zero-order valence-corrected chi connectivity index (χ0v) is 13.2. The molecule has 0 saturated heterocycles. The Kier molecular flexibility index (Phi) is 5.41. The predicted octanol–water partition coefficient (Wildman–Crippen LogP) is 4.50. The second kappa shape index (κ2) is 7.28. The van der Waals surface area contributed by atoms with Crippen LogP contribution in [0.1, 0.15) is 0 Å². The molecule has 2 aromatic carbocycles. The van der Waals surface area contributed by atoms with E-state index in [0.717, 1.165) is 10.2 Å². The molecule has 0 unspecified atom stereocenters. The van der Waals surface area contributed by atoms with Crippen molar-refractivity contribution >= 4 is 38.9 Å². The lowest BCUT2D eigenvalue weighted by molar-refractivity contribution is -0.384. The fourth-order valence-corrected chi connectivity index (χ4v) is 2.06. The zero-order valence-electron chi connectivity index (χ0n) is 10.9. The van der Waals surface area contributed by atoms with Gasteiger partial charge in [0.1, 0.15) is 12.4 Å². The highest BCUT2D eigenvalue weighted by Gasteiger charge is 2.04. The number of non-ortho nitro benzene ring substituents is 1. The van der Waals surface area contributed by atoms with Crippen LogP contribution in [0, 0.1) is 10.1 Å². The largest absolute Gasteiger partial charge is 0.492 e. The van der Waals surface area contributed by atoms with E-state index in [0.29, 0.717) is 23.9 Å². The smallest absolute Gasteiger partial charge is 0.269 e. The van der Waals surface area contributed by atoms with Crippen molar-refractivity contribution in [3.8, 4) is 5.75 Å². The molecule has 0 radical (unpaired) electrons. The maximum absolute atomic E-state index is 10.5. The van der Waals surface area contributed by atoms with Gasteiger partial charge in [0, 0.05) is 28.8 Å². The van der Waals surface area contributed by atoms with Gasteiger partial charge in [0.25, 0.3) is 5.69 Å². The molecule has 21 heavy (non-hydrogen) atoms. The second-order valence-corrected chi connectivity index (χ2v) is 5.42. The van der Waals surface area contributed by atoms with Gasteiger partial charge >= 0.3 is 0 Å². The van der Waals surface area contributed by atoms with E-state index in [-0.39, 0.29) is 5.69 Å². The Labute approximate surface area is 135 Å². The summed E-state index contributed by atoms with van der Waals surface area (Å²) in [6.45, 7) is 1.03. The molecule has 0 aliphatic rings. The van der Waals surface area contributed by atoms with Gasteiger partial charge in [0.15, 0.2) is 0 Å². The number of halogens is 2. The predicted molar refractivity (Wildman–Crippen MR) is 86.2 cm³/mol. The molecule has 0 aliphatic heterocycles. The Morgan fingerprint density at radius 3 is 2.57 bits per heavy atom. The third kappa shape index (κ3) is 4.61.